The number of fused-ring (bicyclic) bond motifs is 1. The zero-order chi connectivity index (χ0) is 22.6. The number of aromatic nitrogens is 5. The normalized spacial score (nSPS) is 13.8. The van der Waals surface area contributed by atoms with Gasteiger partial charge in [-0.05, 0) is 18.2 Å². The van der Waals surface area contributed by atoms with Crippen molar-refractivity contribution in [2.45, 2.75) is 0 Å². The van der Waals surface area contributed by atoms with Crippen LogP contribution in [-0.2, 0) is 0 Å². The van der Waals surface area contributed by atoms with Crippen LogP contribution < -0.4 is 24.6 Å². The van der Waals surface area contributed by atoms with E-state index >= 15 is 0 Å². The van der Waals surface area contributed by atoms with Gasteiger partial charge in [0.25, 0.3) is 0 Å². The van der Waals surface area contributed by atoms with Crippen molar-refractivity contribution in [1.29, 1.82) is 0 Å². The van der Waals surface area contributed by atoms with Crippen molar-refractivity contribution >= 4 is 34.2 Å². The molecule has 1 fully saturated rings. The molecule has 33 heavy (non-hydrogen) atoms. The predicted molar refractivity (Wildman–Crippen MR) is 127 cm³/mol. The van der Waals surface area contributed by atoms with Gasteiger partial charge in [0.05, 0.1) is 37.8 Å². The van der Waals surface area contributed by atoms with E-state index in [4.69, 9.17) is 9.47 Å². The molecular formula is C23H24N8O2. The Kier molecular flexibility index (Phi) is 5.71. The van der Waals surface area contributed by atoms with Crippen molar-refractivity contribution in [2.75, 3.05) is 55.5 Å². The molecule has 0 saturated carbocycles. The highest BCUT2D eigenvalue weighted by molar-refractivity contribution is 5.92. The maximum absolute atomic E-state index is 5.48. The van der Waals surface area contributed by atoms with Gasteiger partial charge in [-0.1, -0.05) is 6.07 Å². The van der Waals surface area contributed by atoms with E-state index in [1.165, 1.54) is 0 Å². The van der Waals surface area contributed by atoms with Gasteiger partial charge in [-0.25, -0.2) is 24.9 Å². The first kappa shape index (κ1) is 20.7. The third kappa shape index (κ3) is 4.27. The van der Waals surface area contributed by atoms with Gasteiger partial charge in [-0.2, -0.15) is 0 Å². The molecule has 1 aromatic carbocycles. The van der Waals surface area contributed by atoms with Crippen LogP contribution >= 0.6 is 0 Å². The van der Waals surface area contributed by atoms with Crippen molar-refractivity contribution in [1.82, 2.24) is 24.9 Å². The topological polar surface area (TPSA) is 101 Å². The van der Waals surface area contributed by atoms with Gasteiger partial charge in [0.15, 0.2) is 11.5 Å². The van der Waals surface area contributed by atoms with Crippen molar-refractivity contribution in [3.05, 3.63) is 55.2 Å². The molecule has 5 rings (SSSR count). The highest BCUT2D eigenvalue weighted by Crippen LogP contribution is 2.35. The quantitative estimate of drug-likeness (QED) is 0.478. The third-order valence-electron chi connectivity index (χ3n) is 5.56. The van der Waals surface area contributed by atoms with Gasteiger partial charge in [0.2, 0.25) is 5.95 Å². The number of hydrogen-bond donors (Lipinski definition) is 1. The minimum atomic E-state index is 0.651. The van der Waals surface area contributed by atoms with Gasteiger partial charge >= 0.3 is 0 Å². The van der Waals surface area contributed by atoms with Crippen molar-refractivity contribution in [2.24, 2.45) is 0 Å². The summed E-state index contributed by atoms with van der Waals surface area (Å²) in [5.41, 5.74) is 1.62. The molecule has 0 aliphatic carbocycles. The minimum absolute atomic E-state index is 0.651. The minimum Gasteiger partial charge on any atom is -0.493 e. The Labute approximate surface area is 191 Å². The Hall–Kier alpha value is -4.21. The highest BCUT2D eigenvalue weighted by Gasteiger charge is 2.22. The number of nitrogens with zero attached hydrogens (tertiary/aromatic N) is 7. The monoisotopic (exact) mass is 444 g/mol. The molecule has 168 valence electrons. The van der Waals surface area contributed by atoms with E-state index in [0.717, 1.165) is 54.4 Å². The molecule has 1 N–H and O–H groups in total. The number of pyridine rings is 1. The fourth-order valence-corrected chi connectivity index (χ4v) is 3.87. The maximum atomic E-state index is 5.48. The molecule has 1 aliphatic heterocycles. The SMILES string of the molecule is COc1cc2ncnc(N3CCN(c4ncc(Nc5ccccn5)cn4)CC3)c2cc1OC. The lowest BCUT2D eigenvalue weighted by molar-refractivity contribution is 0.356. The van der Waals surface area contributed by atoms with Crippen molar-refractivity contribution < 1.29 is 9.47 Å². The molecule has 3 aromatic heterocycles. The standard InChI is InChI=1S/C23H24N8O2/c1-32-19-11-17-18(12-20(19)33-2)27-15-28-22(17)30-7-9-31(10-8-30)23-25-13-16(14-26-23)29-21-5-3-4-6-24-21/h3-6,11-15H,7-10H2,1-2H3,(H,24,29). The van der Waals surface area contributed by atoms with E-state index in [1.807, 2.05) is 30.3 Å². The smallest absolute Gasteiger partial charge is 0.225 e. The highest BCUT2D eigenvalue weighted by atomic mass is 16.5. The number of piperazine rings is 1. The predicted octanol–water partition coefficient (Wildman–Crippen LogP) is 2.90. The lowest BCUT2D eigenvalue weighted by Crippen LogP contribution is -2.47. The van der Waals surface area contributed by atoms with Crippen LogP contribution in [0.15, 0.2) is 55.2 Å². The molecule has 0 amide bonds. The summed E-state index contributed by atoms with van der Waals surface area (Å²) in [7, 11) is 3.25. The largest absolute Gasteiger partial charge is 0.493 e. The van der Waals surface area contributed by atoms with Crippen molar-refractivity contribution in [3.63, 3.8) is 0 Å². The van der Waals surface area contributed by atoms with E-state index < -0.39 is 0 Å². The van der Waals surface area contributed by atoms with Gasteiger partial charge in [-0.3, -0.25) is 0 Å². The first-order valence-corrected chi connectivity index (χ1v) is 10.6. The fourth-order valence-electron chi connectivity index (χ4n) is 3.87. The van der Waals surface area contributed by atoms with E-state index in [0.29, 0.717) is 17.4 Å². The number of hydrogen-bond acceptors (Lipinski definition) is 10. The second kappa shape index (κ2) is 9.11. The fraction of sp³-hybridized carbons (Fsp3) is 0.261. The Morgan fingerprint density at radius 1 is 0.818 bits per heavy atom. The molecule has 4 aromatic rings. The van der Waals surface area contributed by atoms with E-state index in [9.17, 15) is 0 Å². The average Bonchev–Trinajstić information content (AvgIpc) is 2.88. The summed E-state index contributed by atoms with van der Waals surface area (Å²) in [6.07, 6.45) is 6.89. The number of benzene rings is 1. The van der Waals surface area contributed by atoms with Crippen LogP contribution in [0, 0.1) is 0 Å². The van der Waals surface area contributed by atoms with E-state index in [1.54, 1.807) is 39.1 Å². The van der Waals surface area contributed by atoms with Gasteiger partial charge in [0, 0.05) is 43.8 Å². The Morgan fingerprint density at radius 3 is 2.24 bits per heavy atom. The van der Waals surface area contributed by atoms with Crippen LogP contribution in [0.1, 0.15) is 0 Å². The molecule has 1 saturated heterocycles. The van der Waals surface area contributed by atoms with Gasteiger partial charge in [0.1, 0.15) is 18.0 Å². The second-order valence-electron chi connectivity index (χ2n) is 7.51. The van der Waals surface area contributed by atoms with Gasteiger partial charge < -0.3 is 24.6 Å². The average molecular weight is 444 g/mol. The molecule has 0 spiro atoms. The molecule has 0 bridgehead atoms. The summed E-state index contributed by atoms with van der Waals surface area (Å²) in [4.78, 5) is 26.7. The molecule has 0 unspecified atom stereocenters. The second-order valence-corrected chi connectivity index (χ2v) is 7.51. The molecular weight excluding hydrogens is 420 g/mol. The maximum Gasteiger partial charge on any atom is 0.225 e. The number of anilines is 4. The van der Waals surface area contributed by atoms with Crippen molar-refractivity contribution in [3.8, 4) is 11.5 Å². The summed E-state index contributed by atoms with van der Waals surface area (Å²) in [6.45, 7) is 3.15. The summed E-state index contributed by atoms with van der Waals surface area (Å²) >= 11 is 0. The summed E-state index contributed by atoms with van der Waals surface area (Å²) in [6, 6.07) is 9.52. The lowest BCUT2D eigenvalue weighted by atomic mass is 10.2. The van der Waals surface area contributed by atoms with Crippen LogP contribution in [0.2, 0.25) is 0 Å². The van der Waals surface area contributed by atoms with Crippen LogP contribution in [0.25, 0.3) is 10.9 Å². The van der Waals surface area contributed by atoms with Gasteiger partial charge in [-0.15, -0.1) is 0 Å². The van der Waals surface area contributed by atoms with Crippen LogP contribution in [0.3, 0.4) is 0 Å². The molecule has 0 atom stereocenters. The van der Waals surface area contributed by atoms with E-state index in [-0.39, 0.29) is 0 Å². The summed E-state index contributed by atoms with van der Waals surface area (Å²) in [5.74, 6) is 3.66. The van der Waals surface area contributed by atoms with E-state index in [2.05, 4.69) is 40.0 Å². The molecule has 10 heteroatoms. The molecule has 10 nitrogen and oxygen atoms in total. The lowest BCUT2D eigenvalue weighted by Gasteiger charge is -2.35. The zero-order valence-electron chi connectivity index (χ0n) is 18.5. The number of rotatable bonds is 6. The Bertz CT molecular complexity index is 1230. The Balaban J connectivity index is 1.29. The summed E-state index contributed by atoms with van der Waals surface area (Å²) < 4.78 is 10.9. The zero-order valence-corrected chi connectivity index (χ0v) is 18.5. The number of ether oxygens (including phenoxy) is 2. The number of nitrogens with one attached hydrogen (secondary N) is 1. The van der Waals surface area contributed by atoms with Crippen LogP contribution in [0.4, 0.5) is 23.3 Å². The third-order valence-corrected chi connectivity index (χ3v) is 5.56. The first-order chi connectivity index (χ1) is 16.2. The molecule has 1 aliphatic rings. The van der Waals surface area contributed by atoms with Crippen LogP contribution in [-0.4, -0.2) is 65.3 Å². The Morgan fingerprint density at radius 2 is 1.55 bits per heavy atom. The number of methoxy groups -OCH3 is 2. The summed E-state index contributed by atoms with van der Waals surface area (Å²) in [5, 5.41) is 4.14. The first-order valence-electron chi connectivity index (χ1n) is 10.6. The molecule has 0 radical (unpaired) electrons. The van der Waals surface area contributed by atoms with Crippen LogP contribution in [0.5, 0.6) is 11.5 Å². The molecule has 4 heterocycles.